The number of hydrogen-bond acceptors (Lipinski definition) is 5. The maximum absolute atomic E-state index is 13.6. The average molecular weight is 461 g/mol. The number of fused-ring (bicyclic) bond motifs is 1. The Labute approximate surface area is 192 Å². The van der Waals surface area contributed by atoms with Gasteiger partial charge >= 0.3 is 0 Å². The molecule has 1 heterocycles. The van der Waals surface area contributed by atoms with Crippen molar-refractivity contribution in [3.8, 4) is 11.5 Å². The maximum Gasteiger partial charge on any atom is 0.231 e. The third-order valence-corrected chi connectivity index (χ3v) is 6.51. The second-order valence-electron chi connectivity index (χ2n) is 8.95. The average Bonchev–Trinajstić information content (AvgIpc) is 3.25. The lowest BCUT2D eigenvalue weighted by Crippen LogP contribution is -2.53. The zero-order valence-electron chi connectivity index (χ0n) is 18.7. The van der Waals surface area contributed by atoms with Crippen LogP contribution in [-0.2, 0) is 16.8 Å². The highest BCUT2D eigenvalue weighted by Crippen LogP contribution is 2.41. The number of aliphatic hydroxyl groups is 1. The lowest BCUT2D eigenvalue weighted by atomic mass is 9.76. The molecule has 3 N–H and O–H groups in total. The van der Waals surface area contributed by atoms with Gasteiger partial charge in [0.2, 0.25) is 12.7 Å². The lowest BCUT2D eigenvalue weighted by molar-refractivity contribution is -0.120. The number of carbonyl (C=O) groups is 1. The second kappa shape index (κ2) is 10.1. The van der Waals surface area contributed by atoms with Gasteiger partial charge in [-0.1, -0.05) is 25.3 Å². The molecule has 2 aliphatic rings. The van der Waals surface area contributed by atoms with Gasteiger partial charge in [-0.25, -0.2) is 8.78 Å². The van der Waals surface area contributed by atoms with Gasteiger partial charge in [0.1, 0.15) is 11.6 Å². The molecule has 8 heteroatoms. The van der Waals surface area contributed by atoms with Crippen molar-refractivity contribution >= 4 is 5.91 Å². The van der Waals surface area contributed by atoms with E-state index in [4.69, 9.17) is 9.47 Å². The molecule has 178 valence electrons. The van der Waals surface area contributed by atoms with Crippen molar-refractivity contribution in [2.75, 3.05) is 13.3 Å². The van der Waals surface area contributed by atoms with Gasteiger partial charge in [0.25, 0.3) is 0 Å². The van der Waals surface area contributed by atoms with Gasteiger partial charge in [0, 0.05) is 25.1 Å². The third kappa shape index (κ3) is 5.62. The van der Waals surface area contributed by atoms with E-state index in [1.165, 1.54) is 19.1 Å². The Morgan fingerprint density at radius 2 is 1.76 bits per heavy atom. The van der Waals surface area contributed by atoms with Crippen LogP contribution in [0.2, 0.25) is 0 Å². The van der Waals surface area contributed by atoms with Crippen molar-refractivity contribution in [3.63, 3.8) is 0 Å². The Balaban J connectivity index is 1.51. The highest BCUT2D eigenvalue weighted by Gasteiger charge is 2.36. The predicted molar refractivity (Wildman–Crippen MR) is 119 cm³/mol. The van der Waals surface area contributed by atoms with Gasteiger partial charge in [-0.05, 0) is 54.7 Å². The largest absolute Gasteiger partial charge is 0.454 e. The van der Waals surface area contributed by atoms with E-state index in [1.807, 2.05) is 18.2 Å². The summed E-state index contributed by atoms with van der Waals surface area (Å²) in [6.07, 6.45) is 4.20. The molecule has 2 atom stereocenters. The monoisotopic (exact) mass is 460 g/mol. The first-order valence-electron chi connectivity index (χ1n) is 11.4. The number of amides is 1. The van der Waals surface area contributed by atoms with Crippen LogP contribution in [0, 0.1) is 11.6 Å². The Kier molecular flexibility index (Phi) is 7.14. The number of halogens is 2. The van der Waals surface area contributed by atoms with E-state index in [-0.39, 0.29) is 31.2 Å². The molecule has 0 radical (unpaired) electrons. The Morgan fingerprint density at radius 3 is 2.45 bits per heavy atom. The van der Waals surface area contributed by atoms with Crippen LogP contribution in [0.5, 0.6) is 11.5 Å². The first kappa shape index (κ1) is 23.4. The fourth-order valence-electron chi connectivity index (χ4n) is 4.89. The van der Waals surface area contributed by atoms with Gasteiger partial charge in [-0.15, -0.1) is 0 Å². The molecule has 33 heavy (non-hydrogen) atoms. The molecule has 0 spiro atoms. The SMILES string of the molecule is CC(=O)NC(Cc1cc(F)cc(F)c1)C(O)CNC1(c2ccc3c(c2)OCO3)CCCCC1. The van der Waals surface area contributed by atoms with E-state index in [2.05, 4.69) is 10.6 Å². The summed E-state index contributed by atoms with van der Waals surface area (Å²) in [6, 6.07) is 8.46. The summed E-state index contributed by atoms with van der Waals surface area (Å²) in [6.45, 7) is 1.77. The molecule has 1 aliphatic heterocycles. The van der Waals surface area contributed by atoms with E-state index < -0.39 is 23.8 Å². The van der Waals surface area contributed by atoms with Crippen LogP contribution in [-0.4, -0.2) is 36.5 Å². The zero-order chi connectivity index (χ0) is 23.4. The van der Waals surface area contributed by atoms with Crippen LogP contribution >= 0.6 is 0 Å². The fourth-order valence-corrected chi connectivity index (χ4v) is 4.89. The first-order valence-corrected chi connectivity index (χ1v) is 11.4. The topological polar surface area (TPSA) is 79.8 Å². The number of benzene rings is 2. The van der Waals surface area contributed by atoms with Crippen LogP contribution < -0.4 is 20.1 Å². The van der Waals surface area contributed by atoms with E-state index in [0.717, 1.165) is 49.5 Å². The minimum Gasteiger partial charge on any atom is -0.454 e. The lowest BCUT2D eigenvalue weighted by Gasteiger charge is -2.40. The smallest absolute Gasteiger partial charge is 0.231 e. The summed E-state index contributed by atoms with van der Waals surface area (Å²) in [4.78, 5) is 11.8. The molecule has 4 rings (SSSR count). The van der Waals surface area contributed by atoms with Gasteiger partial charge in [0.15, 0.2) is 11.5 Å². The summed E-state index contributed by atoms with van der Waals surface area (Å²) in [7, 11) is 0. The maximum atomic E-state index is 13.6. The number of ether oxygens (including phenoxy) is 2. The van der Waals surface area contributed by atoms with E-state index in [1.54, 1.807) is 0 Å². The van der Waals surface area contributed by atoms with Crippen LogP contribution in [0.15, 0.2) is 36.4 Å². The van der Waals surface area contributed by atoms with Gasteiger partial charge < -0.3 is 25.2 Å². The van der Waals surface area contributed by atoms with Crippen LogP contribution in [0.3, 0.4) is 0 Å². The number of hydrogen-bond donors (Lipinski definition) is 3. The number of rotatable bonds is 8. The zero-order valence-corrected chi connectivity index (χ0v) is 18.7. The molecular weight excluding hydrogens is 430 g/mol. The molecule has 2 unspecified atom stereocenters. The number of nitrogens with one attached hydrogen (secondary N) is 2. The van der Waals surface area contributed by atoms with Crippen LogP contribution in [0.25, 0.3) is 0 Å². The van der Waals surface area contributed by atoms with Crippen molar-refractivity contribution in [2.24, 2.45) is 0 Å². The molecule has 0 saturated heterocycles. The van der Waals surface area contributed by atoms with Gasteiger partial charge in [-0.2, -0.15) is 0 Å². The van der Waals surface area contributed by atoms with Gasteiger partial charge in [0.05, 0.1) is 12.1 Å². The normalized spacial score (nSPS) is 18.5. The molecule has 1 fully saturated rings. The van der Waals surface area contributed by atoms with E-state index in [9.17, 15) is 18.7 Å². The summed E-state index contributed by atoms with van der Waals surface area (Å²) in [5.41, 5.74) is 1.10. The molecule has 1 aliphatic carbocycles. The summed E-state index contributed by atoms with van der Waals surface area (Å²) in [5, 5.41) is 17.3. The summed E-state index contributed by atoms with van der Waals surface area (Å²) < 4.78 is 38.3. The molecule has 0 bridgehead atoms. The van der Waals surface area contributed by atoms with Crippen LogP contribution in [0.1, 0.15) is 50.2 Å². The Hall–Kier alpha value is -2.71. The predicted octanol–water partition coefficient (Wildman–Crippen LogP) is 3.55. The quantitative estimate of drug-likeness (QED) is 0.562. The number of aliphatic hydroxyl groups excluding tert-OH is 1. The second-order valence-corrected chi connectivity index (χ2v) is 8.95. The minimum atomic E-state index is -0.965. The minimum absolute atomic E-state index is 0.105. The highest BCUT2D eigenvalue weighted by atomic mass is 19.1. The molecule has 2 aromatic rings. The molecular formula is C25H30F2N2O4. The van der Waals surface area contributed by atoms with Crippen molar-refractivity contribution in [2.45, 2.75) is 63.1 Å². The van der Waals surface area contributed by atoms with Crippen molar-refractivity contribution < 1.29 is 28.2 Å². The summed E-state index contributed by atoms with van der Waals surface area (Å²) >= 11 is 0. The fraction of sp³-hybridized carbons (Fsp3) is 0.480. The molecule has 0 aromatic heterocycles. The van der Waals surface area contributed by atoms with Gasteiger partial charge in [-0.3, -0.25) is 4.79 Å². The van der Waals surface area contributed by atoms with Crippen molar-refractivity contribution in [1.82, 2.24) is 10.6 Å². The Bertz CT molecular complexity index is 974. The summed E-state index contributed by atoms with van der Waals surface area (Å²) in [5.74, 6) is -0.271. The molecule has 1 saturated carbocycles. The van der Waals surface area contributed by atoms with Crippen molar-refractivity contribution in [1.29, 1.82) is 0 Å². The molecule has 6 nitrogen and oxygen atoms in total. The van der Waals surface area contributed by atoms with E-state index in [0.29, 0.717) is 11.3 Å². The number of carbonyl (C=O) groups excluding carboxylic acids is 1. The molecule has 1 amide bonds. The standard InChI is InChI=1S/C25H30F2N2O4/c1-16(30)29-21(11-17-9-19(26)13-20(27)10-17)22(31)14-28-25(7-3-2-4-8-25)18-5-6-23-24(12-18)33-15-32-23/h5-6,9-10,12-13,21-22,28,31H,2-4,7-8,11,14-15H2,1H3,(H,29,30). The third-order valence-electron chi connectivity index (χ3n) is 6.51. The van der Waals surface area contributed by atoms with Crippen LogP contribution in [0.4, 0.5) is 8.78 Å². The Morgan fingerprint density at radius 1 is 1.06 bits per heavy atom. The highest BCUT2D eigenvalue weighted by molar-refractivity contribution is 5.73. The molecule has 2 aromatic carbocycles. The van der Waals surface area contributed by atoms with Crippen molar-refractivity contribution in [3.05, 3.63) is 59.2 Å². The first-order chi connectivity index (χ1) is 15.8. The van der Waals surface area contributed by atoms with E-state index >= 15 is 0 Å².